The quantitative estimate of drug-likeness (QED) is 0.205. The molecule has 33 heavy (non-hydrogen) atoms. The molecule has 0 aliphatic heterocycles. The Bertz CT molecular complexity index is 601. The van der Waals surface area contributed by atoms with E-state index in [9.17, 15) is 0 Å². The minimum atomic E-state index is -1.54. The largest absolute Gasteiger partial charge is 3.00 e. The Morgan fingerprint density at radius 1 is 0.818 bits per heavy atom. The zero-order valence-corrected chi connectivity index (χ0v) is 25.7. The molecular formula is C30H54NSiTi. The summed E-state index contributed by atoms with van der Waals surface area (Å²) in [5.41, 5.74) is 1.12. The molecule has 1 radical (unpaired) electrons. The molecule has 0 heterocycles. The first-order valence-corrected chi connectivity index (χ1v) is 16.6. The molecule has 0 bridgehead atoms. The Labute approximate surface area is 224 Å². The van der Waals surface area contributed by atoms with E-state index in [0.29, 0.717) is 0 Å². The Morgan fingerprint density at radius 2 is 1.36 bits per heavy atom. The van der Waals surface area contributed by atoms with E-state index in [0.717, 1.165) is 41.0 Å². The standard InChI is InChI=1S/C24H44NSi.C5H7.CH3.Ti/c1-24(2,3)25-26(4,5)23-16-20(17-10-7-6-8-11-17)21-14-18-12-9-13-19(18)15-22(21)23;1-3-5-4-2;;/h17-23H,6-16H2,1-5H3;4-5H,1H2,2H3;1H3;/q3*-1;+3/b;5-4+;;. The van der Waals surface area contributed by atoms with Gasteiger partial charge in [0.15, 0.2) is 0 Å². The van der Waals surface area contributed by atoms with E-state index in [1.54, 1.807) is 51.0 Å². The number of rotatable bonds is 4. The van der Waals surface area contributed by atoms with Gasteiger partial charge >= 0.3 is 21.7 Å². The first-order valence-electron chi connectivity index (χ1n) is 13.5. The molecule has 0 amide bonds. The Balaban J connectivity index is 0.000000707. The van der Waals surface area contributed by atoms with Crippen LogP contribution in [0.5, 0.6) is 0 Å². The Kier molecular flexibility index (Phi) is 13.0. The Hall–Kier alpha value is 0.371. The molecular weight excluding hydrogens is 450 g/mol. The average molecular weight is 505 g/mol. The number of allylic oxidation sites excluding steroid dienone is 3. The smallest absolute Gasteiger partial charge is 0.660 e. The second-order valence-electron chi connectivity index (χ2n) is 12.8. The van der Waals surface area contributed by atoms with Gasteiger partial charge in [-0.2, -0.15) is 6.58 Å². The summed E-state index contributed by atoms with van der Waals surface area (Å²) < 4.78 is 0. The van der Waals surface area contributed by atoms with Crippen molar-refractivity contribution in [2.75, 3.05) is 0 Å². The Morgan fingerprint density at radius 3 is 1.85 bits per heavy atom. The fourth-order valence-electron chi connectivity index (χ4n) is 8.36. The maximum atomic E-state index is 5.52. The number of nitrogens with zero attached hydrogens (tertiary/aromatic N) is 1. The summed E-state index contributed by atoms with van der Waals surface area (Å²) in [6.07, 6.45) is 23.2. The average Bonchev–Trinajstić information content (AvgIpc) is 3.30. The van der Waals surface area contributed by atoms with Crippen LogP contribution >= 0.6 is 0 Å². The fraction of sp³-hybridized carbons (Fsp3) is 0.833. The van der Waals surface area contributed by atoms with E-state index in [2.05, 4.69) is 46.5 Å². The summed E-state index contributed by atoms with van der Waals surface area (Å²) in [5, 5.41) is 0. The monoisotopic (exact) mass is 504 g/mol. The molecule has 0 saturated heterocycles. The second kappa shape index (κ2) is 13.6. The maximum absolute atomic E-state index is 5.52. The van der Waals surface area contributed by atoms with Crippen LogP contribution in [-0.4, -0.2) is 13.8 Å². The summed E-state index contributed by atoms with van der Waals surface area (Å²) >= 11 is 0. The first-order chi connectivity index (χ1) is 14.7. The van der Waals surface area contributed by atoms with Gasteiger partial charge in [0, 0.05) is 0 Å². The maximum Gasteiger partial charge on any atom is 3.00 e. The molecule has 6 atom stereocenters. The second-order valence-corrected chi connectivity index (χ2v) is 17.1. The molecule has 6 unspecified atom stereocenters. The van der Waals surface area contributed by atoms with Gasteiger partial charge in [-0.25, -0.2) is 12.2 Å². The predicted molar refractivity (Wildman–Crippen MR) is 146 cm³/mol. The minimum Gasteiger partial charge on any atom is -0.660 e. The van der Waals surface area contributed by atoms with Crippen molar-refractivity contribution in [3.8, 4) is 0 Å². The van der Waals surface area contributed by atoms with Gasteiger partial charge in [-0.1, -0.05) is 105 Å². The van der Waals surface area contributed by atoms with Crippen LogP contribution in [-0.2, 0) is 21.7 Å². The molecule has 187 valence electrons. The van der Waals surface area contributed by atoms with E-state index in [4.69, 9.17) is 4.98 Å². The molecule has 4 rings (SSSR count). The third kappa shape index (κ3) is 8.19. The van der Waals surface area contributed by atoms with Gasteiger partial charge in [0.05, 0.1) is 0 Å². The van der Waals surface area contributed by atoms with Crippen molar-refractivity contribution in [1.29, 1.82) is 0 Å². The van der Waals surface area contributed by atoms with E-state index in [1.165, 1.54) is 25.7 Å². The SMILES string of the molecule is C=[C-]/C=C/C.CC(C)(C)[N-][Si](C)(C)C1CC(C2CCCCC2)C2CC3CCCC3CC21.[CH3-].[Ti+3]. The van der Waals surface area contributed by atoms with E-state index in [-0.39, 0.29) is 34.7 Å². The molecule has 4 saturated carbocycles. The van der Waals surface area contributed by atoms with Crippen LogP contribution in [0, 0.1) is 49.0 Å². The predicted octanol–water partition coefficient (Wildman–Crippen LogP) is 9.78. The number of hydrogen-bond acceptors (Lipinski definition) is 0. The van der Waals surface area contributed by atoms with Crippen LogP contribution in [0.3, 0.4) is 0 Å². The molecule has 0 aromatic rings. The van der Waals surface area contributed by atoms with Gasteiger partial charge in [-0.05, 0) is 48.3 Å². The van der Waals surface area contributed by atoms with Crippen LogP contribution in [0.15, 0.2) is 18.7 Å². The van der Waals surface area contributed by atoms with Gasteiger partial charge in [-0.3, -0.25) is 6.08 Å². The summed E-state index contributed by atoms with van der Waals surface area (Å²) in [5.74, 6) is 6.43. The number of hydrogen-bond donors (Lipinski definition) is 0. The summed E-state index contributed by atoms with van der Waals surface area (Å²) in [7, 11) is -1.54. The van der Waals surface area contributed by atoms with Crippen LogP contribution in [0.2, 0.25) is 18.6 Å². The van der Waals surface area contributed by atoms with Crippen molar-refractivity contribution < 1.29 is 21.7 Å². The minimum absolute atomic E-state index is 0. The van der Waals surface area contributed by atoms with Crippen molar-refractivity contribution in [2.45, 2.75) is 122 Å². The van der Waals surface area contributed by atoms with Crippen molar-refractivity contribution >= 4 is 8.24 Å². The zero-order valence-electron chi connectivity index (χ0n) is 23.1. The molecule has 0 aromatic heterocycles. The molecule has 4 aliphatic carbocycles. The molecule has 0 N–H and O–H groups in total. The van der Waals surface area contributed by atoms with Gasteiger partial charge in [-0.15, -0.1) is 12.5 Å². The fourth-order valence-corrected chi connectivity index (χ4v) is 12.5. The van der Waals surface area contributed by atoms with Gasteiger partial charge < -0.3 is 12.4 Å². The molecule has 3 heteroatoms. The van der Waals surface area contributed by atoms with Crippen LogP contribution < -0.4 is 0 Å². The van der Waals surface area contributed by atoms with Crippen molar-refractivity contribution in [2.24, 2.45) is 35.5 Å². The molecule has 4 aliphatic rings. The van der Waals surface area contributed by atoms with Gasteiger partial charge in [0.2, 0.25) is 0 Å². The van der Waals surface area contributed by atoms with Gasteiger partial charge in [0.25, 0.3) is 0 Å². The summed E-state index contributed by atoms with van der Waals surface area (Å²) in [6, 6.07) is 0. The third-order valence-electron chi connectivity index (χ3n) is 9.18. The van der Waals surface area contributed by atoms with E-state index < -0.39 is 8.24 Å². The topological polar surface area (TPSA) is 14.1 Å². The van der Waals surface area contributed by atoms with Gasteiger partial charge in [0.1, 0.15) is 0 Å². The van der Waals surface area contributed by atoms with Crippen molar-refractivity contribution in [3.05, 3.63) is 37.2 Å². The normalized spacial score (nSPS) is 34.4. The number of fused-ring (bicyclic) bond motifs is 2. The van der Waals surface area contributed by atoms with Crippen molar-refractivity contribution in [1.82, 2.24) is 0 Å². The third-order valence-corrected chi connectivity index (χ3v) is 12.9. The van der Waals surface area contributed by atoms with Crippen LogP contribution in [0.25, 0.3) is 4.98 Å². The van der Waals surface area contributed by atoms with E-state index in [1.807, 2.05) is 13.0 Å². The van der Waals surface area contributed by atoms with Crippen molar-refractivity contribution in [3.63, 3.8) is 0 Å². The zero-order chi connectivity index (χ0) is 22.6. The van der Waals surface area contributed by atoms with E-state index >= 15 is 0 Å². The van der Waals surface area contributed by atoms with Crippen LogP contribution in [0.4, 0.5) is 0 Å². The summed E-state index contributed by atoms with van der Waals surface area (Å²) in [6.45, 7) is 17.5. The molecule has 4 fully saturated rings. The molecule has 0 spiro atoms. The molecule has 0 aromatic carbocycles. The molecule has 1 nitrogen and oxygen atoms in total. The van der Waals surface area contributed by atoms with Crippen LogP contribution in [0.1, 0.15) is 98.3 Å². The summed E-state index contributed by atoms with van der Waals surface area (Å²) in [4.78, 5) is 5.52. The first kappa shape index (κ1) is 31.4.